The van der Waals surface area contributed by atoms with E-state index in [4.69, 9.17) is 4.74 Å². The molecular weight excluding hydrogens is 226 g/mol. The van der Waals surface area contributed by atoms with Crippen LogP contribution in [0.15, 0.2) is 18.2 Å². The molecule has 0 unspecified atom stereocenters. The van der Waals surface area contributed by atoms with Gasteiger partial charge in [-0.1, -0.05) is 26.8 Å². The van der Waals surface area contributed by atoms with Gasteiger partial charge >= 0.3 is 0 Å². The summed E-state index contributed by atoms with van der Waals surface area (Å²) in [6.07, 6.45) is 0.521. The van der Waals surface area contributed by atoms with Crippen molar-refractivity contribution in [3.05, 3.63) is 29.3 Å². The minimum atomic E-state index is -0.474. The van der Waals surface area contributed by atoms with Gasteiger partial charge in [-0.15, -0.1) is 0 Å². The predicted octanol–water partition coefficient (Wildman–Crippen LogP) is 2.30. The molecule has 0 saturated carbocycles. The molecule has 0 radical (unpaired) electrons. The Morgan fingerprint density at radius 2 is 2.00 bits per heavy atom. The average Bonchev–Trinajstić information content (AvgIpc) is 2.33. The summed E-state index contributed by atoms with van der Waals surface area (Å²) in [6, 6.07) is 6.58. The summed E-state index contributed by atoms with van der Waals surface area (Å²) in [5, 5.41) is 13.0. The summed E-state index contributed by atoms with van der Waals surface area (Å²) >= 11 is 0. The van der Waals surface area contributed by atoms with Crippen LogP contribution in [0.25, 0.3) is 0 Å². The van der Waals surface area contributed by atoms with Crippen molar-refractivity contribution >= 4 is 0 Å². The van der Waals surface area contributed by atoms with E-state index in [0.717, 1.165) is 12.2 Å². The topological polar surface area (TPSA) is 41.5 Å². The lowest BCUT2D eigenvalue weighted by Crippen LogP contribution is -2.35. The average molecular weight is 251 g/mol. The van der Waals surface area contributed by atoms with E-state index in [1.807, 2.05) is 12.1 Å². The highest BCUT2D eigenvalue weighted by Gasteiger charge is 2.06. The van der Waals surface area contributed by atoms with Crippen molar-refractivity contribution < 1.29 is 9.84 Å². The van der Waals surface area contributed by atoms with Crippen LogP contribution in [0.2, 0.25) is 0 Å². The van der Waals surface area contributed by atoms with Gasteiger partial charge in [0.2, 0.25) is 0 Å². The van der Waals surface area contributed by atoms with E-state index in [-0.39, 0.29) is 0 Å². The maximum atomic E-state index is 9.77. The highest BCUT2D eigenvalue weighted by molar-refractivity contribution is 5.33. The number of hydrogen-bond donors (Lipinski definition) is 2. The van der Waals surface area contributed by atoms with E-state index in [2.05, 4.69) is 39.1 Å². The van der Waals surface area contributed by atoms with Gasteiger partial charge < -0.3 is 15.2 Å². The van der Waals surface area contributed by atoms with Crippen LogP contribution in [0.1, 0.15) is 31.9 Å². The summed E-state index contributed by atoms with van der Waals surface area (Å²) in [5.41, 5.74) is 2.46. The maximum absolute atomic E-state index is 9.77. The van der Waals surface area contributed by atoms with Gasteiger partial charge in [0.1, 0.15) is 18.5 Å². The zero-order valence-corrected chi connectivity index (χ0v) is 11.9. The van der Waals surface area contributed by atoms with E-state index < -0.39 is 6.10 Å². The molecule has 1 atom stereocenters. The molecule has 3 heteroatoms. The molecule has 1 aromatic carbocycles. The van der Waals surface area contributed by atoms with Crippen LogP contribution in [0.4, 0.5) is 0 Å². The molecule has 1 rings (SSSR count). The van der Waals surface area contributed by atoms with Gasteiger partial charge in [0.05, 0.1) is 0 Å². The molecule has 0 bridgehead atoms. The zero-order chi connectivity index (χ0) is 13.5. The van der Waals surface area contributed by atoms with Crippen LogP contribution in [0.3, 0.4) is 0 Å². The molecule has 2 N–H and O–H groups in total. The number of nitrogens with one attached hydrogen (secondary N) is 1. The van der Waals surface area contributed by atoms with E-state index >= 15 is 0 Å². The van der Waals surface area contributed by atoms with Gasteiger partial charge in [0, 0.05) is 12.6 Å². The van der Waals surface area contributed by atoms with Crippen LogP contribution in [-0.4, -0.2) is 30.4 Å². The van der Waals surface area contributed by atoms with Gasteiger partial charge in [0.15, 0.2) is 0 Å². The van der Waals surface area contributed by atoms with Crippen LogP contribution < -0.4 is 10.1 Å². The Hall–Kier alpha value is -1.06. The Kier molecular flexibility index (Phi) is 6.16. The van der Waals surface area contributed by atoms with Gasteiger partial charge in [-0.2, -0.15) is 0 Å². The number of aliphatic hydroxyl groups excluding tert-OH is 1. The SMILES string of the molecule is CCc1cc(C)cc(OC[C@H](O)CNC(C)C)c1. The second-order valence-electron chi connectivity index (χ2n) is 5.04. The molecule has 0 amide bonds. The van der Waals surface area contributed by atoms with Crippen molar-refractivity contribution in [3.8, 4) is 5.75 Å². The molecule has 0 spiro atoms. The lowest BCUT2D eigenvalue weighted by molar-refractivity contribution is 0.104. The number of aliphatic hydroxyl groups is 1. The van der Waals surface area contributed by atoms with E-state index in [9.17, 15) is 5.11 Å². The highest BCUT2D eigenvalue weighted by Crippen LogP contribution is 2.17. The summed E-state index contributed by atoms with van der Waals surface area (Å²) in [7, 11) is 0. The summed E-state index contributed by atoms with van der Waals surface area (Å²) < 4.78 is 5.63. The Morgan fingerprint density at radius 1 is 1.28 bits per heavy atom. The smallest absolute Gasteiger partial charge is 0.119 e. The van der Waals surface area contributed by atoms with Crippen LogP contribution in [0.5, 0.6) is 5.75 Å². The van der Waals surface area contributed by atoms with Crippen molar-refractivity contribution in [3.63, 3.8) is 0 Å². The number of aryl methyl sites for hydroxylation is 2. The standard InChI is InChI=1S/C15H25NO2/c1-5-13-6-12(4)7-15(8-13)18-10-14(17)9-16-11(2)3/h6-8,11,14,16-17H,5,9-10H2,1-4H3/t14-/m1/s1. The third-order valence-corrected chi connectivity index (χ3v) is 2.72. The summed E-state index contributed by atoms with van der Waals surface area (Å²) in [5.74, 6) is 0.843. The maximum Gasteiger partial charge on any atom is 0.119 e. The minimum Gasteiger partial charge on any atom is -0.491 e. The van der Waals surface area contributed by atoms with Crippen molar-refractivity contribution in [2.45, 2.75) is 46.3 Å². The van der Waals surface area contributed by atoms with Crippen LogP contribution in [0, 0.1) is 6.92 Å². The monoisotopic (exact) mass is 251 g/mol. The summed E-state index contributed by atoms with van der Waals surface area (Å²) in [6.45, 7) is 9.18. The van der Waals surface area contributed by atoms with Crippen molar-refractivity contribution in [1.29, 1.82) is 0 Å². The minimum absolute atomic E-state index is 0.326. The molecule has 0 aromatic heterocycles. The third-order valence-electron chi connectivity index (χ3n) is 2.72. The number of ether oxygens (including phenoxy) is 1. The van der Waals surface area contributed by atoms with Gasteiger partial charge in [-0.25, -0.2) is 0 Å². The fraction of sp³-hybridized carbons (Fsp3) is 0.600. The first-order valence-electron chi connectivity index (χ1n) is 6.66. The fourth-order valence-electron chi connectivity index (χ4n) is 1.74. The zero-order valence-electron chi connectivity index (χ0n) is 11.9. The van der Waals surface area contributed by atoms with Gasteiger partial charge in [-0.3, -0.25) is 0 Å². The Labute approximate surface area is 110 Å². The lowest BCUT2D eigenvalue weighted by atomic mass is 10.1. The highest BCUT2D eigenvalue weighted by atomic mass is 16.5. The molecule has 0 aliphatic rings. The molecule has 0 aliphatic carbocycles. The number of benzene rings is 1. The van der Waals surface area contributed by atoms with E-state index in [1.54, 1.807) is 0 Å². The Morgan fingerprint density at radius 3 is 2.61 bits per heavy atom. The third kappa shape index (κ3) is 5.52. The number of rotatable bonds is 7. The Balaban J connectivity index is 2.45. The molecular formula is C15H25NO2. The quantitative estimate of drug-likeness (QED) is 0.781. The molecule has 1 aromatic rings. The largest absolute Gasteiger partial charge is 0.491 e. The van der Waals surface area contributed by atoms with E-state index in [1.165, 1.54) is 11.1 Å². The molecule has 0 saturated heterocycles. The van der Waals surface area contributed by atoms with Crippen LogP contribution >= 0.6 is 0 Å². The Bertz CT molecular complexity index is 364. The van der Waals surface area contributed by atoms with Crippen molar-refractivity contribution in [2.75, 3.05) is 13.2 Å². The molecule has 18 heavy (non-hydrogen) atoms. The second-order valence-corrected chi connectivity index (χ2v) is 5.04. The first-order chi connectivity index (χ1) is 8.51. The van der Waals surface area contributed by atoms with Crippen molar-refractivity contribution in [1.82, 2.24) is 5.32 Å². The second kappa shape index (κ2) is 7.39. The summed E-state index contributed by atoms with van der Waals surface area (Å²) in [4.78, 5) is 0. The first-order valence-corrected chi connectivity index (χ1v) is 6.66. The van der Waals surface area contributed by atoms with Gasteiger partial charge in [-0.05, 0) is 36.6 Å². The lowest BCUT2D eigenvalue weighted by Gasteiger charge is -2.15. The normalized spacial score (nSPS) is 12.8. The fourth-order valence-corrected chi connectivity index (χ4v) is 1.74. The number of hydrogen-bond acceptors (Lipinski definition) is 3. The molecule has 0 heterocycles. The van der Waals surface area contributed by atoms with Crippen LogP contribution in [-0.2, 0) is 6.42 Å². The van der Waals surface area contributed by atoms with E-state index in [0.29, 0.717) is 19.2 Å². The molecule has 0 aliphatic heterocycles. The predicted molar refractivity (Wildman–Crippen MR) is 75.2 cm³/mol. The van der Waals surface area contributed by atoms with Gasteiger partial charge in [0.25, 0.3) is 0 Å². The van der Waals surface area contributed by atoms with Crippen molar-refractivity contribution in [2.24, 2.45) is 0 Å². The first kappa shape index (κ1) is 15.0. The molecule has 0 fully saturated rings. The molecule has 3 nitrogen and oxygen atoms in total. The molecule has 102 valence electrons.